The van der Waals surface area contributed by atoms with Gasteiger partial charge in [-0.3, -0.25) is 4.40 Å². The van der Waals surface area contributed by atoms with Crippen LogP contribution in [0.2, 0.25) is 0 Å². The van der Waals surface area contributed by atoms with E-state index in [1.54, 1.807) is 0 Å². The standard InChI is InChI=1S/C42H31N3/c1-42(2)35-16-8-10-18-38(35)45(39-25-22-30(26-36(39)42)28-12-4-3-5-13-28)31-23-20-29(21-24-31)34-27-44-40-19-11-9-17-37(40)43-41(44)33-15-7-6-14-32(33)34/h3-27H,1-2H3. The summed E-state index contributed by atoms with van der Waals surface area (Å²) in [5.74, 6) is 0. The molecular formula is C42H31N3. The summed E-state index contributed by atoms with van der Waals surface area (Å²) in [5, 5.41) is 2.36. The van der Waals surface area contributed by atoms with Gasteiger partial charge in [-0.15, -0.1) is 0 Å². The molecule has 214 valence electrons. The maximum absolute atomic E-state index is 4.99. The van der Waals surface area contributed by atoms with Crippen LogP contribution in [0.1, 0.15) is 25.0 Å². The number of anilines is 3. The summed E-state index contributed by atoms with van der Waals surface area (Å²) in [6, 6.07) is 52.5. The second kappa shape index (κ2) is 9.67. The lowest BCUT2D eigenvalue weighted by Gasteiger charge is -2.42. The normalized spacial score (nSPS) is 13.7. The van der Waals surface area contributed by atoms with Gasteiger partial charge < -0.3 is 4.90 Å². The van der Waals surface area contributed by atoms with Crippen LogP contribution >= 0.6 is 0 Å². The number of pyridine rings is 1. The van der Waals surface area contributed by atoms with Crippen LogP contribution in [-0.2, 0) is 5.41 Å². The molecule has 0 saturated heterocycles. The Labute approximate surface area is 262 Å². The Morgan fingerprint density at radius 2 is 1.20 bits per heavy atom. The molecule has 0 amide bonds. The molecule has 0 radical (unpaired) electrons. The molecule has 0 saturated carbocycles. The third-order valence-electron chi connectivity index (χ3n) is 9.58. The number of aromatic nitrogens is 2. The number of imidazole rings is 1. The highest BCUT2D eigenvalue weighted by Gasteiger charge is 2.37. The van der Waals surface area contributed by atoms with Crippen molar-refractivity contribution in [2.24, 2.45) is 0 Å². The summed E-state index contributed by atoms with van der Waals surface area (Å²) < 4.78 is 2.24. The van der Waals surface area contributed by atoms with E-state index in [2.05, 4.69) is 175 Å². The second-order valence-corrected chi connectivity index (χ2v) is 12.5. The van der Waals surface area contributed by atoms with E-state index in [1.165, 1.54) is 50.1 Å². The number of hydrogen-bond acceptors (Lipinski definition) is 2. The number of fused-ring (bicyclic) bond motifs is 7. The average Bonchev–Trinajstić information content (AvgIpc) is 3.48. The molecule has 3 nitrogen and oxygen atoms in total. The van der Waals surface area contributed by atoms with Gasteiger partial charge in [0.25, 0.3) is 0 Å². The van der Waals surface area contributed by atoms with Crippen molar-refractivity contribution in [3.8, 4) is 22.3 Å². The van der Waals surface area contributed by atoms with Crippen molar-refractivity contribution in [2.45, 2.75) is 19.3 Å². The first-order chi connectivity index (χ1) is 22.1. The number of nitrogens with zero attached hydrogens (tertiary/aromatic N) is 3. The minimum Gasteiger partial charge on any atom is -0.310 e. The van der Waals surface area contributed by atoms with E-state index in [1.807, 2.05) is 0 Å². The SMILES string of the molecule is CC1(C)c2ccccc2N(c2ccc(-c3cn4c5ccccc5nc4c4ccccc34)cc2)c2ccc(-c3ccccc3)cc21. The Morgan fingerprint density at radius 3 is 2.04 bits per heavy atom. The van der Waals surface area contributed by atoms with Crippen molar-refractivity contribution in [2.75, 3.05) is 4.90 Å². The molecule has 2 aromatic heterocycles. The molecule has 1 aliphatic rings. The fourth-order valence-corrected chi connectivity index (χ4v) is 7.29. The zero-order chi connectivity index (χ0) is 30.1. The molecule has 3 heterocycles. The fourth-order valence-electron chi connectivity index (χ4n) is 7.29. The summed E-state index contributed by atoms with van der Waals surface area (Å²) in [4.78, 5) is 7.42. The maximum atomic E-state index is 4.99. The lowest BCUT2D eigenvalue weighted by atomic mass is 9.73. The summed E-state index contributed by atoms with van der Waals surface area (Å²) in [6.45, 7) is 4.70. The molecule has 0 fully saturated rings. The highest BCUT2D eigenvalue weighted by Crippen LogP contribution is 2.52. The van der Waals surface area contributed by atoms with Crippen molar-refractivity contribution >= 4 is 44.5 Å². The van der Waals surface area contributed by atoms with Crippen LogP contribution in [0, 0.1) is 0 Å². The lowest BCUT2D eigenvalue weighted by Crippen LogP contribution is -2.30. The minimum atomic E-state index is -0.144. The number of rotatable bonds is 3. The molecule has 0 spiro atoms. The monoisotopic (exact) mass is 577 g/mol. The van der Waals surface area contributed by atoms with Gasteiger partial charge in [0.2, 0.25) is 0 Å². The Hall–Kier alpha value is -5.67. The molecule has 0 unspecified atom stereocenters. The smallest absolute Gasteiger partial charge is 0.145 e. The predicted molar refractivity (Wildman–Crippen MR) is 188 cm³/mol. The van der Waals surface area contributed by atoms with E-state index in [4.69, 9.17) is 4.98 Å². The number of hydrogen-bond donors (Lipinski definition) is 0. The van der Waals surface area contributed by atoms with Crippen LogP contribution in [0.5, 0.6) is 0 Å². The van der Waals surface area contributed by atoms with Crippen LogP contribution in [0.25, 0.3) is 49.7 Å². The largest absolute Gasteiger partial charge is 0.310 e. The van der Waals surface area contributed by atoms with Crippen LogP contribution in [0.4, 0.5) is 17.1 Å². The summed E-state index contributed by atoms with van der Waals surface area (Å²) >= 11 is 0. The zero-order valence-corrected chi connectivity index (χ0v) is 25.3. The third kappa shape index (κ3) is 3.87. The van der Waals surface area contributed by atoms with Gasteiger partial charge in [0.15, 0.2) is 0 Å². The zero-order valence-electron chi connectivity index (χ0n) is 25.3. The van der Waals surface area contributed by atoms with Gasteiger partial charge in [0.1, 0.15) is 5.65 Å². The quantitative estimate of drug-likeness (QED) is 0.208. The molecule has 8 aromatic rings. The highest BCUT2D eigenvalue weighted by molar-refractivity contribution is 6.05. The van der Waals surface area contributed by atoms with Crippen molar-refractivity contribution in [1.82, 2.24) is 9.38 Å². The van der Waals surface area contributed by atoms with Gasteiger partial charge in [0, 0.05) is 28.2 Å². The fraction of sp³-hybridized carbons (Fsp3) is 0.0714. The van der Waals surface area contributed by atoms with Crippen molar-refractivity contribution in [3.05, 3.63) is 163 Å². The molecule has 45 heavy (non-hydrogen) atoms. The van der Waals surface area contributed by atoms with E-state index in [0.29, 0.717) is 0 Å². The molecule has 0 N–H and O–H groups in total. The van der Waals surface area contributed by atoms with Crippen molar-refractivity contribution < 1.29 is 0 Å². The predicted octanol–water partition coefficient (Wildman–Crippen LogP) is 11.1. The molecule has 3 heteroatoms. The van der Waals surface area contributed by atoms with Crippen LogP contribution in [0.3, 0.4) is 0 Å². The summed E-state index contributed by atoms with van der Waals surface area (Å²) in [6.07, 6.45) is 2.25. The topological polar surface area (TPSA) is 20.5 Å². The van der Waals surface area contributed by atoms with Crippen molar-refractivity contribution in [3.63, 3.8) is 0 Å². The van der Waals surface area contributed by atoms with Gasteiger partial charge in [-0.2, -0.15) is 0 Å². The molecular weight excluding hydrogens is 546 g/mol. The number of benzene rings is 6. The molecule has 0 bridgehead atoms. The summed E-state index contributed by atoms with van der Waals surface area (Å²) in [5.41, 5.74) is 14.1. The lowest BCUT2D eigenvalue weighted by molar-refractivity contribution is 0.632. The van der Waals surface area contributed by atoms with Crippen molar-refractivity contribution in [1.29, 1.82) is 0 Å². The third-order valence-corrected chi connectivity index (χ3v) is 9.58. The molecule has 0 aliphatic carbocycles. The molecule has 1 aliphatic heterocycles. The van der Waals surface area contributed by atoms with Crippen LogP contribution in [-0.4, -0.2) is 9.38 Å². The van der Waals surface area contributed by atoms with E-state index >= 15 is 0 Å². The van der Waals surface area contributed by atoms with Gasteiger partial charge in [-0.05, 0) is 75.7 Å². The Balaban J connectivity index is 1.21. The van der Waals surface area contributed by atoms with Crippen LogP contribution in [0.15, 0.2) is 152 Å². The summed E-state index contributed by atoms with van der Waals surface area (Å²) in [7, 11) is 0. The molecule has 0 atom stereocenters. The second-order valence-electron chi connectivity index (χ2n) is 12.5. The maximum Gasteiger partial charge on any atom is 0.145 e. The number of para-hydroxylation sites is 3. The van der Waals surface area contributed by atoms with Gasteiger partial charge in [-0.25, -0.2) is 4.98 Å². The Kier molecular flexibility index (Phi) is 5.54. The van der Waals surface area contributed by atoms with Gasteiger partial charge in [0.05, 0.1) is 22.4 Å². The van der Waals surface area contributed by atoms with E-state index in [-0.39, 0.29) is 5.41 Å². The Bertz CT molecular complexity index is 2400. The van der Waals surface area contributed by atoms with Crippen LogP contribution < -0.4 is 4.90 Å². The first-order valence-corrected chi connectivity index (χ1v) is 15.6. The van der Waals surface area contributed by atoms with E-state index in [9.17, 15) is 0 Å². The Morgan fingerprint density at radius 1 is 0.533 bits per heavy atom. The van der Waals surface area contributed by atoms with Gasteiger partial charge >= 0.3 is 0 Å². The first-order valence-electron chi connectivity index (χ1n) is 15.6. The highest BCUT2D eigenvalue weighted by atomic mass is 15.2. The minimum absolute atomic E-state index is 0.144. The first kappa shape index (κ1) is 25.8. The molecule has 6 aromatic carbocycles. The van der Waals surface area contributed by atoms with E-state index < -0.39 is 0 Å². The average molecular weight is 578 g/mol. The van der Waals surface area contributed by atoms with Gasteiger partial charge in [-0.1, -0.05) is 117 Å². The van der Waals surface area contributed by atoms with E-state index in [0.717, 1.165) is 27.8 Å². The molecule has 9 rings (SSSR count).